The first-order chi connectivity index (χ1) is 12.6. The number of hydrogen-bond donors (Lipinski definition) is 0. The largest absolute Gasteiger partial charge is 0.0916 e. The zero-order chi connectivity index (χ0) is 20.4. The molecule has 0 aromatic rings. The normalized spacial score (nSPS) is 41.6. The molecular weight excluding hydrogens is 732 g/mol. The van der Waals surface area contributed by atoms with Gasteiger partial charge in [-0.05, 0) is 29.4 Å². The van der Waals surface area contributed by atoms with Crippen LogP contribution in [0.15, 0.2) is 47.6 Å². The predicted molar refractivity (Wildman–Crippen MR) is 143 cm³/mol. The van der Waals surface area contributed by atoms with E-state index in [9.17, 15) is 0 Å². The monoisotopic (exact) mass is 752 g/mol. The van der Waals surface area contributed by atoms with Gasteiger partial charge in [-0.3, -0.25) is 0 Å². The van der Waals surface area contributed by atoms with E-state index in [-0.39, 0.29) is 15.1 Å². The molecule has 2 aliphatic rings. The van der Waals surface area contributed by atoms with E-state index in [4.69, 9.17) is 0 Å². The molecule has 0 radical (unpaired) electrons. The van der Waals surface area contributed by atoms with Crippen LogP contribution in [0, 0.1) is 17.3 Å². The van der Waals surface area contributed by atoms with Crippen molar-refractivity contribution in [1.82, 2.24) is 0 Å². The van der Waals surface area contributed by atoms with Gasteiger partial charge in [0.2, 0.25) is 0 Å². The molecule has 0 aliphatic heterocycles. The first-order valence-electron chi connectivity index (χ1n) is 9.18. The summed E-state index contributed by atoms with van der Waals surface area (Å²) in [5.41, 5.74) is 2.83. The first-order valence-corrected chi connectivity index (χ1v) is 14.9. The van der Waals surface area contributed by atoms with Crippen LogP contribution >= 0.6 is 95.6 Å². The van der Waals surface area contributed by atoms with Gasteiger partial charge in [-0.2, -0.15) is 0 Å². The summed E-state index contributed by atoms with van der Waals surface area (Å²) in [6, 6.07) is 0. The van der Waals surface area contributed by atoms with Crippen LogP contribution in [0.3, 0.4) is 0 Å². The van der Waals surface area contributed by atoms with Crippen LogP contribution in [0.25, 0.3) is 0 Å². The summed E-state index contributed by atoms with van der Waals surface area (Å²) in [5.74, 6) is 0.853. The van der Waals surface area contributed by atoms with E-state index in [1.165, 1.54) is 11.1 Å². The molecule has 8 unspecified atom stereocenters. The van der Waals surface area contributed by atoms with Crippen molar-refractivity contribution >= 4 is 95.6 Å². The lowest BCUT2D eigenvalue weighted by molar-refractivity contribution is 0.313. The molecule has 0 aromatic carbocycles. The maximum atomic E-state index is 3.86. The zero-order valence-corrected chi connectivity index (χ0v) is 25.2. The SMILES string of the molecule is CC1/C=C/C(Br)C(Br)/C=C/C(C)(C(C)CC(Br)CBr)C2=CC(Br)C(Br)C=C21. The number of rotatable bonds is 4. The van der Waals surface area contributed by atoms with Crippen LogP contribution in [0.5, 0.6) is 0 Å². The van der Waals surface area contributed by atoms with Crippen molar-refractivity contribution in [2.45, 2.75) is 51.3 Å². The number of hydrogen-bond acceptors (Lipinski definition) is 0. The second-order valence-corrected chi connectivity index (χ2v) is 13.9. The minimum absolute atomic E-state index is 0.0443. The minimum atomic E-state index is -0.0443. The van der Waals surface area contributed by atoms with Gasteiger partial charge < -0.3 is 0 Å². The molecule has 2 rings (SSSR count). The highest BCUT2D eigenvalue weighted by Crippen LogP contribution is 2.49. The molecule has 0 spiro atoms. The Kier molecular flexibility index (Phi) is 10.2. The Morgan fingerprint density at radius 2 is 1.56 bits per heavy atom. The fourth-order valence-electron chi connectivity index (χ4n) is 3.68. The third kappa shape index (κ3) is 6.18. The number of allylic oxidation sites excluding steroid dienone is 8. The summed E-state index contributed by atoms with van der Waals surface area (Å²) in [6.45, 7) is 7.08. The molecule has 0 nitrogen and oxygen atoms in total. The summed E-state index contributed by atoms with van der Waals surface area (Å²) in [7, 11) is 0. The maximum absolute atomic E-state index is 3.86. The molecule has 0 amide bonds. The molecule has 0 N–H and O–H groups in total. The van der Waals surface area contributed by atoms with Gasteiger partial charge >= 0.3 is 0 Å². The van der Waals surface area contributed by atoms with Crippen molar-refractivity contribution in [3.63, 3.8) is 0 Å². The van der Waals surface area contributed by atoms with Crippen molar-refractivity contribution in [2.24, 2.45) is 17.3 Å². The molecule has 152 valence electrons. The van der Waals surface area contributed by atoms with Gasteiger partial charge in [0.05, 0.1) is 0 Å². The van der Waals surface area contributed by atoms with E-state index >= 15 is 0 Å². The minimum Gasteiger partial charge on any atom is -0.0916 e. The van der Waals surface area contributed by atoms with E-state index < -0.39 is 0 Å². The number of halogens is 6. The molecule has 6 heteroatoms. The third-order valence-electron chi connectivity index (χ3n) is 5.67. The van der Waals surface area contributed by atoms with Crippen LogP contribution in [-0.4, -0.2) is 29.5 Å². The lowest BCUT2D eigenvalue weighted by Gasteiger charge is -2.42. The van der Waals surface area contributed by atoms with Gasteiger partial charge in [-0.25, -0.2) is 0 Å². The standard InChI is InChI=1S/C21H26Br6/c1-12-4-5-17(24)18(25)6-7-21(3,13(2)8-14(23)11-22)16-10-20(27)19(26)9-15(12)16/h4-7,9-10,12-14,17-20H,8,11H2,1-3H3/b5-4+,7-6+. The van der Waals surface area contributed by atoms with Gasteiger partial charge in [-0.15, -0.1) is 0 Å². The van der Waals surface area contributed by atoms with E-state index in [2.05, 4.69) is 153 Å². The third-order valence-corrected chi connectivity index (χ3v) is 12.8. The van der Waals surface area contributed by atoms with Crippen LogP contribution in [-0.2, 0) is 0 Å². The molecule has 0 saturated heterocycles. The molecule has 8 atom stereocenters. The summed E-state index contributed by atoms with van der Waals surface area (Å²) in [5, 5.41) is 0.965. The Morgan fingerprint density at radius 1 is 0.963 bits per heavy atom. The Labute approximate surface area is 214 Å². The average molecular weight is 758 g/mol. The number of fused-ring (bicyclic) bond motifs is 1. The predicted octanol–water partition coefficient (Wildman–Crippen LogP) is 8.86. The molecule has 0 heterocycles. The Bertz CT molecular complexity index is 633. The topological polar surface area (TPSA) is 0 Å². The van der Waals surface area contributed by atoms with Crippen molar-refractivity contribution < 1.29 is 0 Å². The number of alkyl halides is 6. The molecule has 0 saturated carbocycles. The van der Waals surface area contributed by atoms with Crippen molar-refractivity contribution in [3.05, 3.63) is 47.6 Å². The Morgan fingerprint density at radius 3 is 2.19 bits per heavy atom. The summed E-state index contributed by atoms with van der Waals surface area (Å²) in [4.78, 5) is 1.63. The second kappa shape index (κ2) is 10.9. The van der Waals surface area contributed by atoms with Gasteiger partial charge in [0, 0.05) is 34.9 Å². The van der Waals surface area contributed by atoms with Crippen LogP contribution in [0.1, 0.15) is 27.2 Å². The highest BCUT2D eigenvalue weighted by atomic mass is 79.9. The van der Waals surface area contributed by atoms with E-state index in [1.807, 2.05) is 0 Å². The highest BCUT2D eigenvalue weighted by molar-refractivity contribution is 9.13. The first kappa shape index (κ1) is 25.1. The lowest BCUT2D eigenvalue weighted by atomic mass is 9.65. The molecule has 27 heavy (non-hydrogen) atoms. The fraction of sp³-hybridized carbons (Fsp3) is 0.619. The molecule has 2 aliphatic carbocycles. The van der Waals surface area contributed by atoms with Crippen LogP contribution < -0.4 is 0 Å². The quantitative estimate of drug-likeness (QED) is 0.199. The van der Waals surface area contributed by atoms with Crippen molar-refractivity contribution in [2.75, 3.05) is 5.33 Å². The summed E-state index contributed by atoms with van der Waals surface area (Å²) in [6.07, 6.45) is 15.3. The van der Waals surface area contributed by atoms with E-state index in [0.29, 0.717) is 26.3 Å². The molecule has 0 bridgehead atoms. The van der Waals surface area contributed by atoms with E-state index in [1.54, 1.807) is 0 Å². The average Bonchev–Trinajstić information content (AvgIpc) is 2.64. The lowest BCUT2D eigenvalue weighted by Crippen LogP contribution is -2.33. The summed E-state index contributed by atoms with van der Waals surface area (Å²) >= 11 is 22.8. The van der Waals surface area contributed by atoms with Gasteiger partial charge in [0.1, 0.15) is 0 Å². The Balaban J connectivity index is 2.58. The van der Waals surface area contributed by atoms with Crippen molar-refractivity contribution in [3.8, 4) is 0 Å². The van der Waals surface area contributed by atoms with Gasteiger partial charge in [0.15, 0.2) is 0 Å². The second-order valence-electron chi connectivity index (χ2n) is 7.68. The smallest absolute Gasteiger partial charge is 0.0492 e. The van der Waals surface area contributed by atoms with Crippen LogP contribution in [0.4, 0.5) is 0 Å². The Hall–Kier alpha value is 1.84. The molecule has 0 aromatic heterocycles. The maximum Gasteiger partial charge on any atom is 0.0492 e. The fourth-order valence-corrected chi connectivity index (χ4v) is 6.04. The zero-order valence-electron chi connectivity index (χ0n) is 15.7. The summed E-state index contributed by atoms with van der Waals surface area (Å²) < 4.78 is 0. The molecule has 0 fully saturated rings. The highest BCUT2D eigenvalue weighted by Gasteiger charge is 2.39. The van der Waals surface area contributed by atoms with E-state index in [0.717, 1.165) is 11.8 Å². The van der Waals surface area contributed by atoms with Gasteiger partial charge in [0.25, 0.3) is 0 Å². The van der Waals surface area contributed by atoms with Crippen LogP contribution in [0.2, 0.25) is 0 Å². The van der Waals surface area contributed by atoms with Gasteiger partial charge in [-0.1, -0.05) is 153 Å². The van der Waals surface area contributed by atoms with Crippen molar-refractivity contribution in [1.29, 1.82) is 0 Å². The molecular formula is C21H26Br6.